The number of amides is 1. The largest absolute Gasteiger partial charge is 0.321 e. The molecule has 0 bridgehead atoms. The van der Waals surface area contributed by atoms with Gasteiger partial charge in [0.25, 0.3) is 5.91 Å². The lowest BCUT2D eigenvalue weighted by Crippen LogP contribution is -2.17. The standard InChI is InChI=1S/C14H17N3OS.2ClH/c1-3-15-8-11-6-4-5-7-12(11)17-14(18)13-10(2)16-9-19-13;;/h4-7,9,15H,3,8H2,1-2H3,(H,17,18);2*1H. The van der Waals surface area contributed by atoms with Crippen LogP contribution < -0.4 is 10.6 Å². The molecule has 2 rings (SSSR count). The Morgan fingerprint density at radius 2 is 2.00 bits per heavy atom. The van der Waals surface area contributed by atoms with Crippen LogP contribution in [0.15, 0.2) is 29.8 Å². The van der Waals surface area contributed by atoms with Crippen molar-refractivity contribution in [3.8, 4) is 0 Å². The summed E-state index contributed by atoms with van der Waals surface area (Å²) in [5.41, 5.74) is 4.39. The van der Waals surface area contributed by atoms with Crippen molar-refractivity contribution in [1.29, 1.82) is 0 Å². The van der Waals surface area contributed by atoms with Crippen LogP contribution in [0.2, 0.25) is 0 Å². The van der Waals surface area contributed by atoms with Gasteiger partial charge < -0.3 is 10.6 Å². The van der Waals surface area contributed by atoms with Gasteiger partial charge in [0.05, 0.1) is 11.2 Å². The van der Waals surface area contributed by atoms with E-state index in [0.29, 0.717) is 4.88 Å². The molecule has 0 aliphatic heterocycles. The van der Waals surface area contributed by atoms with Crippen LogP contribution in [0, 0.1) is 6.92 Å². The Morgan fingerprint density at radius 3 is 2.62 bits per heavy atom. The highest BCUT2D eigenvalue weighted by atomic mass is 35.5. The Morgan fingerprint density at radius 1 is 1.29 bits per heavy atom. The average Bonchev–Trinajstić information content (AvgIpc) is 2.84. The van der Waals surface area contributed by atoms with Crippen LogP contribution in [0.4, 0.5) is 5.69 Å². The van der Waals surface area contributed by atoms with E-state index >= 15 is 0 Å². The van der Waals surface area contributed by atoms with Gasteiger partial charge in [-0.3, -0.25) is 4.79 Å². The smallest absolute Gasteiger partial charge is 0.267 e. The Kier molecular flexibility index (Phi) is 9.21. The number of anilines is 1. The molecule has 4 nitrogen and oxygen atoms in total. The van der Waals surface area contributed by atoms with Crippen molar-refractivity contribution >= 4 is 47.7 Å². The topological polar surface area (TPSA) is 54.0 Å². The summed E-state index contributed by atoms with van der Waals surface area (Å²) >= 11 is 1.36. The fourth-order valence-corrected chi connectivity index (χ4v) is 2.45. The van der Waals surface area contributed by atoms with Crippen LogP contribution in [-0.2, 0) is 6.54 Å². The molecule has 1 aromatic carbocycles. The third-order valence-corrected chi connectivity index (χ3v) is 3.71. The zero-order valence-corrected chi connectivity index (χ0v) is 14.3. The second kappa shape index (κ2) is 9.73. The molecule has 1 amide bonds. The molecule has 0 saturated heterocycles. The number of halogens is 2. The number of carbonyl (C=O) groups is 1. The van der Waals surface area contributed by atoms with Crippen LogP contribution in [0.5, 0.6) is 0 Å². The lowest BCUT2D eigenvalue weighted by atomic mass is 10.1. The minimum absolute atomic E-state index is 0. The number of thiazole rings is 1. The molecule has 0 aliphatic carbocycles. The van der Waals surface area contributed by atoms with E-state index in [1.165, 1.54) is 11.3 Å². The molecule has 21 heavy (non-hydrogen) atoms. The second-order valence-corrected chi connectivity index (χ2v) is 5.01. The van der Waals surface area contributed by atoms with Crippen molar-refractivity contribution < 1.29 is 4.79 Å². The van der Waals surface area contributed by atoms with Crippen molar-refractivity contribution in [3.05, 3.63) is 45.9 Å². The van der Waals surface area contributed by atoms with Crippen LogP contribution >= 0.6 is 36.2 Å². The summed E-state index contributed by atoms with van der Waals surface area (Å²) in [5.74, 6) is -0.0936. The van der Waals surface area contributed by atoms with Crippen molar-refractivity contribution in [2.24, 2.45) is 0 Å². The van der Waals surface area contributed by atoms with Gasteiger partial charge >= 0.3 is 0 Å². The van der Waals surface area contributed by atoms with Crippen molar-refractivity contribution in [2.75, 3.05) is 11.9 Å². The zero-order valence-electron chi connectivity index (χ0n) is 11.9. The highest BCUT2D eigenvalue weighted by molar-refractivity contribution is 7.12. The van der Waals surface area contributed by atoms with Gasteiger partial charge in [0.15, 0.2) is 0 Å². The third kappa shape index (κ3) is 5.28. The number of para-hydroxylation sites is 1. The van der Waals surface area contributed by atoms with Crippen molar-refractivity contribution in [1.82, 2.24) is 10.3 Å². The third-order valence-electron chi connectivity index (χ3n) is 2.78. The average molecular weight is 348 g/mol. The van der Waals surface area contributed by atoms with Crippen molar-refractivity contribution in [3.63, 3.8) is 0 Å². The molecule has 116 valence electrons. The second-order valence-electron chi connectivity index (χ2n) is 4.16. The van der Waals surface area contributed by atoms with E-state index in [2.05, 4.69) is 22.5 Å². The molecule has 0 atom stereocenters. The Bertz CT molecular complexity index is 575. The number of aryl methyl sites for hydroxylation is 1. The Balaban J connectivity index is 0.00000200. The first-order valence-electron chi connectivity index (χ1n) is 6.22. The quantitative estimate of drug-likeness (QED) is 0.867. The minimum Gasteiger partial charge on any atom is -0.321 e. The molecule has 1 heterocycles. The normalized spacial score (nSPS) is 9.43. The summed E-state index contributed by atoms with van der Waals surface area (Å²) < 4.78 is 0. The number of rotatable bonds is 5. The van der Waals surface area contributed by atoms with Gasteiger partial charge in [0, 0.05) is 12.2 Å². The summed E-state index contributed by atoms with van der Waals surface area (Å²) in [6.45, 7) is 5.54. The summed E-state index contributed by atoms with van der Waals surface area (Å²) in [4.78, 5) is 16.9. The first kappa shape index (κ1) is 19.9. The molecule has 0 saturated carbocycles. The summed E-state index contributed by atoms with van der Waals surface area (Å²) in [6.07, 6.45) is 0. The van der Waals surface area contributed by atoms with E-state index in [-0.39, 0.29) is 30.7 Å². The van der Waals surface area contributed by atoms with Gasteiger partial charge in [-0.15, -0.1) is 36.2 Å². The van der Waals surface area contributed by atoms with E-state index in [1.54, 1.807) is 5.51 Å². The first-order valence-corrected chi connectivity index (χ1v) is 7.10. The molecule has 0 fully saturated rings. The molecule has 2 aromatic rings. The number of benzene rings is 1. The van der Waals surface area contributed by atoms with Gasteiger partial charge in [-0.25, -0.2) is 4.98 Å². The van der Waals surface area contributed by atoms with Crippen LogP contribution in [0.25, 0.3) is 0 Å². The van der Waals surface area contributed by atoms with Gasteiger partial charge in [-0.05, 0) is 25.1 Å². The highest BCUT2D eigenvalue weighted by Crippen LogP contribution is 2.18. The van der Waals surface area contributed by atoms with Crippen LogP contribution in [-0.4, -0.2) is 17.4 Å². The van der Waals surface area contributed by atoms with E-state index in [9.17, 15) is 4.79 Å². The van der Waals surface area contributed by atoms with Crippen molar-refractivity contribution in [2.45, 2.75) is 20.4 Å². The molecule has 0 radical (unpaired) electrons. The molecule has 0 spiro atoms. The number of hydrogen-bond donors (Lipinski definition) is 2. The van der Waals surface area contributed by atoms with Crippen LogP contribution in [0.1, 0.15) is 27.9 Å². The summed E-state index contributed by atoms with van der Waals surface area (Å²) in [7, 11) is 0. The Labute approximate surface area is 141 Å². The minimum atomic E-state index is -0.0936. The number of nitrogens with one attached hydrogen (secondary N) is 2. The van der Waals surface area contributed by atoms with E-state index in [0.717, 1.165) is 30.0 Å². The summed E-state index contributed by atoms with van der Waals surface area (Å²) in [5, 5.41) is 6.22. The number of aromatic nitrogens is 1. The van der Waals surface area contributed by atoms with Crippen LogP contribution in [0.3, 0.4) is 0 Å². The maximum atomic E-state index is 12.2. The molecular weight excluding hydrogens is 329 g/mol. The summed E-state index contributed by atoms with van der Waals surface area (Å²) in [6, 6.07) is 7.82. The fourth-order valence-electron chi connectivity index (χ4n) is 1.75. The molecule has 0 aliphatic rings. The number of carbonyl (C=O) groups excluding carboxylic acids is 1. The van der Waals surface area contributed by atoms with Gasteiger partial charge in [0.1, 0.15) is 4.88 Å². The molecule has 7 heteroatoms. The monoisotopic (exact) mass is 347 g/mol. The number of nitrogens with zero attached hydrogens (tertiary/aromatic N) is 1. The van der Waals surface area contributed by atoms with E-state index in [1.807, 2.05) is 31.2 Å². The highest BCUT2D eigenvalue weighted by Gasteiger charge is 2.13. The predicted octanol–water partition coefficient (Wildman–Crippen LogP) is 3.66. The SMILES string of the molecule is CCNCc1ccccc1NC(=O)c1scnc1C.Cl.Cl. The van der Waals surface area contributed by atoms with Gasteiger partial charge in [-0.2, -0.15) is 0 Å². The molecule has 1 aromatic heterocycles. The maximum absolute atomic E-state index is 12.2. The molecule has 0 unspecified atom stereocenters. The number of hydrogen-bond acceptors (Lipinski definition) is 4. The van der Waals surface area contributed by atoms with E-state index in [4.69, 9.17) is 0 Å². The molecular formula is C14H19Cl2N3OS. The fraction of sp³-hybridized carbons (Fsp3) is 0.286. The molecule has 2 N–H and O–H groups in total. The maximum Gasteiger partial charge on any atom is 0.267 e. The first-order chi connectivity index (χ1) is 9.22. The lowest BCUT2D eigenvalue weighted by molar-refractivity contribution is 0.102. The lowest BCUT2D eigenvalue weighted by Gasteiger charge is -2.10. The van der Waals surface area contributed by atoms with E-state index < -0.39 is 0 Å². The Hall–Kier alpha value is -1.14. The van der Waals surface area contributed by atoms with Gasteiger partial charge in [0.2, 0.25) is 0 Å². The predicted molar refractivity (Wildman–Crippen MR) is 93.1 cm³/mol. The van der Waals surface area contributed by atoms with Gasteiger partial charge in [-0.1, -0.05) is 25.1 Å². The zero-order chi connectivity index (χ0) is 13.7.